The third kappa shape index (κ3) is 3.40. The molecule has 21 heavy (non-hydrogen) atoms. The summed E-state index contributed by atoms with van der Waals surface area (Å²) in [5.74, 6) is -0.349. The number of H-pyrrole nitrogens is 1. The predicted molar refractivity (Wildman–Crippen MR) is 83.5 cm³/mol. The number of aryl methyl sites for hydroxylation is 2. The number of pyridine rings is 1. The van der Waals surface area contributed by atoms with Gasteiger partial charge in [0.05, 0.1) is 6.04 Å². The van der Waals surface area contributed by atoms with Gasteiger partial charge in [-0.05, 0) is 37.5 Å². The molecular formula is C17H20N2O2. The maximum atomic E-state index is 12.3. The first-order valence-electron chi connectivity index (χ1n) is 7.11. The normalized spacial score (nSPS) is 12.0. The molecule has 1 amide bonds. The number of carbonyl (C=O) groups excluding carboxylic acids is 1. The molecule has 0 bridgehead atoms. The summed E-state index contributed by atoms with van der Waals surface area (Å²) in [4.78, 5) is 27.0. The summed E-state index contributed by atoms with van der Waals surface area (Å²) in [6.07, 6.45) is 0.739. The molecule has 1 heterocycles. The fourth-order valence-electron chi connectivity index (χ4n) is 2.31. The number of nitrogens with one attached hydrogen (secondary N) is 2. The van der Waals surface area contributed by atoms with Crippen LogP contribution in [0.25, 0.3) is 0 Å². The fourth-order valence-corrected chi connectivity index (χ4v) is 2.31. The van der Waals surface area contributed by atoms with E-state index in [-0.39, 0.29) is 23.1 Å². The van der Waals surface area contributed by atoms with Crippen molar-refractivity contribution in [1.29, 1.82) is 0 Å². The Balaban J connectivity index is 2.21. The molecule has 1 aromatic heterocycles. The Labute approximate surface area is 124 Å². The van der Waals surface area contributed by atoms with Crippen molar-refractivity contribution >= 4 is 5.91 Å². The van der Waals surface area contributed by atoms with E-state index in [1.165, 1.54) is 0 Å². The van der Waals surface area contributed by atoms with Gasteiger partial charge in [-0.2, -0.15) is 0 Å². The molecule has 0 saturated heterocycles. The molecule has 1 aromatic carbocycles. The minimum absolute atomic E-state index is 0.149. The molecule has 0 saturated carbocycles. The highest BCUT2D eigenvalue weighted by Crippen LogP contribution is 2.12. The molecule has 0 aliphatic carbocycles. The number of hydrogen-bond donors (Lipinski definition) is 2. The van der Waals surface area contributed by atoms with E-state index in [1.54, 1.807) is 6.07 Å². The number of hydrogen-bond acceptors (Lipinski definition) is 2. The quantitative estimate of drug-likeness (QED) is 0.906. The molecule has 2 N–H and O–H groups in total. The van der Waals surface area contributed by atoms with Gasteiger partial charge in [0.1, 0.15) is 5.56 Å². The van der Waals surface area contributed by atoms with Crippen LogP contribution in [0, 0.1) is 6.92 Å². The highest BCUT2D eigenvalue weighted by Gasteiger charge is 2.15. The molecule has 1 atom stereocenters. The van der Waals surface area contributed by atoms with Gasteiger partial charge in [0.2, 0.25) is 0 Å². The van der Waals surface area contributed by atoms with Gasteiger partial charge in [0, 0.05) is 5.69 Å². The summed E-state index contributed by atoms with van der Waals surface area (Å²) in [5, 5.41) is 2.86. The smallest absolute Gasteiger partial charge is 0.261 e. The lowest BCUT2D eigenvalue weighted by molar-refractivity contribution is 0.0938. The van der Waals surface area contributed by atoms with Gasteiger partial charge in [-0.15, -0.1) is 0 Å². The van der Waals surface area contributed by atoms with Crippen LogP contribution in [0.1, 0.15) is 47.1 Å². The van der Waals surface area contributed by atoms with Crippen molar-refractivity contribution in [2.75, 3.05) is 0 Å². The summed E-state index contributed by atoms with van der Waals surface area (Å²) >= 11 is 0. The second-order valence-corrected chi connectivity index (χ2v) is 5.13. The maximum Gasteiger partial charge on any atom is 0.261 e. The zero-order valence-corrected chi connectivity index (χ0v) is 12.6. The number of carbonyl (C=O) groups is 1. The first-order chi connectivity index (χ1) is 10.0. The van der Waals surface area contributed by atoms with Crippen LogP contribution in [0.2, 0.25) is 0 Å². The fraction of sp³-hybridized carbons (Fsp3) is 0.294. The summed E-state index contributed by atoms with van der Waals surface area (Å²) in [7, 11) is 0. The molecule has 0 unspecified atom stereocenters. The van der Waals surface area contributed by atoms with Crippen LogP contribution in [0.5, 0.6) is 0 Å². The highest BCUT2D eigenvalue weighted by atomic mass is 16.2. The van der Waals surface area contributed by atoms with Crippen molar-refractivity contribution in [1.82, 2.24) is 10.3 Å². The van der Waals surface area contributed by atoms with Crippen molar-refractivity contribution in [2.45, 2.75) is 33.2 Å². The molecule has 2 aromatic rings. The van der Waals surface area contributed by atoms with E-state index in [4.69, 9.17) is 0 Å². The van der Waals surface area contributed by atoms with Gasteiger partial charge in [0.15, 0.2) is 0 Å². The van der Waals surface area contributed by atoms with E-state index < -0.39 is 0 Å². The number of rotatable bonds is 4. The van der Waals surface area contributed by atoms with Crippen LogP contribution < -0.4 is 10.9 Å². The Bertz CT molecular complexity index is 690. The molecule has 0 fully saturated rings. The van der Waals surface area contributed by atoms with E-state index in [0.29, 0.717) is 0 Å². The lowest BCUT2D eigenvalue weighted by atomic mass is 10.1. The van der Waals surface area contributed by atoms with E-state index in [1.807, 2.05) is 51.1 Å². The zero-order valence-electron chi connectivity index (χ0n) is 12.6. The minimum Gasteiger partial charge on any atom is -0.345 e. The van der Waals surface area contributed by atoms with Gasteiger partial charge in [-0.1, -0.05) is 37.3 Å². The maximum absolute atomic E-state index is 12.3. The van der Waals surface area contributed by atoms with Crippen LogP contribution in [0.4, 0.5) is 0 Å². The molecule has 4 heteroatoms. The topological polar surface area (TPSA) is 62.0 Å². The van der Waals surface area contributed by atoms with Crippen molar-refractivity contribution in [3.63, 3.8) is 0 Å². The summed E-state index contributed by atoms with van der Waals surface area (Å²) < 4.78 is 0. The Morgan fingerprint density at radius 2 is 1.95 bits per heavy atom. The van der Waals surface area contributed by atoms with E-state index >= 15 is 0 Å². The summed E-state index contributed by atoms with van der Waals surface area (Å²) in [6, 6.07) is 11.2. The SMILES string of the molecule is CCc1[nH]c(=O)c(C(=O)N[C@@H](C)c2ccccc2)cc1C. The van der Waals surface area contributed by atoms with Gasteiger partial charge >= 0.3 is 0 Å². The highest BCUT2D eigenvalue weighted by molar-refractivity contribution is 5.94. The summed E-state index contributed by atoms with van der Waals surface area (Å²) in [5.41, 5.74) is 2.62. The van der Waals surface area contributed by atoms with Crippen LogP contribution >= 0.6 is 0 Å². The molecular weight excluding hydrogens is 264 g/mol. The first-order valence-corrected chi connectivity index (χ1v) is 7.11. The number of aromatic amines is 1. The molecule has 110 valence electrons. The van der Waals surface area contributed by atoms with Crippen LogP contribution in [-0.4, -0.2) is 10.9 Å². The second kappa shape index (κ2) is 6.39. The van der Waals surface area contributed by atoms with Crippen molar-refractivity contribution < 1.29 is 4.79 Å². The first kappa shape index (κ1) is 15.0. The van der Waals surface area contributed by atoms with Gasteiger partial charge < -0.3 is 10.3 Å². The van der Waals surface area contributed by atoms with Gasteiger partial charge in [0.25, 0.3) is 11.5 Å². The van der Waals surface area contributed by atoms with Gasteiger partial charge in [-0.25, -0.2) is 0 Å². The lowest BCUT2D eigenvalue weighted by Gasteiger charge is -2.14. The van der Waals surface area contributed by atoms with E-state index in [0.717, 1.165) is 23.2 Å². The zero-order chi connectivity index (χ0) is 15.4. The molecule has 2 rings (SSSR count). The van der Waals surface area contributed by atoms with Gasteiger partial charge in [-0.3, -0.25) is 9.59 Å². The minimum atomic E-state index is -0.349. The molecule has 0 aliphatic heterocycles. The number of benzene rings is 1. The average Bonchev–Trinajstić information content (AvgIpc) is 2.49. The van der Waals surface area contributed by atoms with E-state index in [9.17, 15) is 9.59 Å². The Morgan fingerprint density at radius 1 is 1.29 bits per heavy atom. The van der Waals surface area contributed by atoms with E-state index in [2.05, 4.69) is 10.3 Å². The third-order valence-electron chi connectivity index (χ3n) is 3.59. The Hall–Kier alpha value is -2.36. The third-order valence-corrected chi connectivity index (χ3v) is 3.59. The number of aromatic nitrogens is 1. The van der Waals surface area contributed by atoms with Crippen LogP contribution in [0.15, 0.2) is 41.2 Å². The summed E-state index contributed by atoms with van der Waals surface area (Å²) in [6.45, 7) is 5.76. The van der Waals surface area contributed by atoms with Crippen molar-refractivity contribution in [3.05, 3.63) is 69.1 Å². The predicted octanol–water partition coefficient (Wildman–Crippen LogP) is 2.74. The van der Waals surface area contributed by atoms with Crippen LogP contribution in [0.3, 0.4) is 0 Å². The largest absolute Gasteiger partial charge is 0.345 e. The average molecular weight is 284 g/mol. The van der Waals surface area contributed by atoms with Crippen molar-refractivity contribution in [3.8, 4) is 0 Å². The number of amides is 1. The Kier molecular flexibility index (Phi) is 4.58. The van der Waals surface area contributed by atoms with Crippen LogP contribution in [-0.2, 0) is 6.42 Å². The molecule has 4 nitrogen and oxygen atoms in total. The molecule has 0 radical (unpaired) electrons. The second-order valence-electron chi connectivity index (χ2n) is 5.13. The Morgan fingerprint density at radius 3 is 2.57 bits per heavy atom. The monoisotopic (exact) mass is 284 g/mol. The molecule has 0 aliphatic rings. The lowest BCUT2D eigenvalue weighted by Crippen LogP contribution is -2.32. The standard InChI is InChI=1S/C17H20N2O2/c1-4-15-11(2)10-14(17(21)19-15)16(20)18-12(3)13-8-6-5-7-9-13/h5-10,12H,4H2,1-3H3,(H,18,20)(H,19,21)/t12-/m0/s1. The molecule has 0 spiro atoms. The van der Waals surface area contributed by atoms with Crippen molar-refractivity contribution in [2.24, 2.45) is 0 Å².